The van der Waals surface area contributed by atoms with Crippen LogP contribution < -0.4 is 5.32 Å². The van der Waals surface area contributed by atoms with Gasteiger partial charge in [-0.05, 0) is 25.3 Å². The van der Waals surface area contributed by atoms with Gasteiger partial charge in [0.2, 0.25) is 0 Å². The van der Waals surface area contributed by atoms with Crippen LogP contribution in [0.2, 0.25) is 0 Å². The van der Waals surface area contributed by atoms with E-state index in [0.29, 0.717) is 12.8 Å². The zero-order chi connectivity index (χ0) is 11.6. The molecule has 0 aliphatic heterocycles. The van der Waals surface area contributed by atoms with E-state index in [-0.39, 0.29) is 5.56 Å². The molecule has 2 rings (SSSR count). The molecule has 0 unspecified atom stereocenters. The highest BCUT2D eigenvalue weighted by Crippen LogP contribution is 2.31. The first-order valence-electron chi connectivity index (χ1n) is 5.00. The highest BCUT2D eigenvalue weighted by Gasteiger charge is 2.39. The molecule has 1 heterocycles. The van der Waals surface area contributed by atoms with Gasteiger partial charge in [0, 0.05) is 6.20 Å². The molecule has 0 saturated heterocycles. The fourth-order valence-corrected chi connectivity index (χ4v) is 1.64. The van der Waals surface area contributed by atoms with Crippen LogP contribution >= 0.6 is 0 Å². The number of amides is 1. The standard InChI is InChI=1S/C11H10FN3O/c12-9-6-14-5-2-8(9)10(16)15-11(7-13)3-1-4-11/h2,5-6H,1,3-4H2,(H,15,16). The molecule has 0 aromatic carbocycles. The maximum atomic E-state index is 13.2. The molecule has 0 bridgehead atoms. The minimum Gasteiger partial charge on any atom is -0.334 e. The summed E-state index contributed by atoms with van der Waals surface area (Å²) in [6, 6.07) is 3.37. The number of pyridine rings is 1. The van der Waals surface area contributed by atoms with Crippen molar-refractivity contribution < 1.29 is 9.18 Å². The molecule has 4 nitrogen and oxygen atoms in total. The number of nitriles is 1. The second-order valence-electron chi connectivity index (χ2n) is 3.86. The molecule has 1 aromatic heterocycles. The van der Waals surface area contributed by atoms with E-state index < -0.39 is 17.3 Å². The van der Waals surface area contributed by atoms with E-state index in [4.69, 9.17) is 5.26 Å². The second-order valence-corrected chi connectivity index (χ2v) is 3.86. The summed E-state index contributed by atoms with van der Waals surface area (Å²) >= 11 is 0. The van der Waals surface area contributed by atoms with Crippen molar-refractivity contribution in [3.05, 3.63) is 29.8 Å². The van der Waals surface area contributed by atoms with E-state index in [0.717, 1.165) is 12.6 Å². The Bertz CT molecular complexity index is 463. The third-order valence-electron chi connectivity index (χ3n) is 2.79. The minimum absolute atomic E-state index is 0.0727. The number of nitrogens with one attached hydrogen (secondary N) is 1. The average Bonchev–Trinajstić information content (AvgIpc) is 2.24. The van der Waals surface area contributed by atoms with Gasteiger partial charge in [-0.25, -0.2) is 4.39 Å². The minimum atomic E-state index is -0.799. The first kappa shape index (κ1) is 10.6. The molecule has 16 heavy (non-hydrogen) atoms. The molecular weight excluding hydrogens is 209 g/mol. The van der Waals surface area contributed by atoms with Gasteiger partial charge in [0.1, 0.15) is 5.54 Å². The van der Waals surface area contributed by atoms with Crippen molar-refractivity contribution in [1.29, 1.82) is 5.26 Å². The molecule has 0 radical (unpaired) electrons. The monoisotopic (exact) mass is 219 g/mol. The lowest BCUT2D eigenvalue weighted by Gasteiger charge is -2.35. The Labute approximate surface area is 92.1 Å². The Balaban J connectivity index is 2.15. The molecule has 1 aliphatic rings. The summed E-state index contributed by atoms with van der Waals surface area (Å²) in [6.45, 7) is 0. The van der Waals surface area contributed by atoms with Gasteiger partial charge >= 0.3 is 0 Å². The Kier molecular flexibility index (Phi) is 2.57. The number of nitrogens with zero attached hydrogens (tertiary/aromatic N) is 2. The van der Waals surface area contributed by atoms with Crippen molar-refractivity contribution in [2.45, 2.75) is 24.8 Å². The van der Waals surface area contributed by atoms with Gasteiger partial charge in [-0.3, -0.25) is 9.78 Å². The van der Waals surface area contributed by atoms with Gasteiger partial charge in [0.25, 0.3) is 5.91 Å². The smallest absolute Gasteiger partial charge is 0.255 e. The maximum absolute atomic E-state index is 13.2. The van der Waals surface area contributed by atoms with E-state index in [1.165, 1.54) is 12.3 Å². The zero-order valence-corrected chi connectivity index (χ0v) is 8.53. The molecule has 0 spiro atoms. The van der Waals surface area contributed by atoms with Crippen molar-refractivity contribution in [3.63, 3.8) is 0 Å². The van der Waals surface area contributed by atoms with Crippen LogP contribution in [-0.2, 0) is 0 Å². The van der Waals surface area contributed by atoms with Crippen molar-refractivity contribution in [2.75, 3.05) is 0 Å². The molecule has 1 N–H and O–H groups in total. The molecule has 1 aliphatic carbocycles. The number of rotatable bonds is 2. The molecule has 5 heteroatoms. The Morgan fingerprint density at radius 1 is 1.62 bits per heavy atom. The van der Waals surface area contributed by atoms with Crippen molar-refractivity contribution in [3.8, 4) is 6.07 Å². The Morgan fingerprint density at radius 2 is 2.38 bits per heavy atom. The lowest BCUT2D eigenvalue weighted by Crippen LogP contribution is -2.52. The van der Waals surface area contributed by atoms with Gasteiger partial charge < -0.3 is 5.32 Å². The Hall–Kier alpha value is -1.96. The fraction of sp³-hybridized carbons (Fsp3) is 0.364. The van der Waals surface area contributed by atoms with E-state index >= 15 is 0 Å². The number of aromatic nitrogens is 1. The number of hydrogen-bond donors (Lipinski definition) is 1. The third-order valence-corrected chi connectivity index (χ3v) is 2.79. The van der Waals surface area contributed by atoms with E-state index in [2.05, 4.69) is 16.4 Å². The van der Waals surface area contributed by atoms with Crippen molar-refractivity contribution >= 4 is 5.91 Å². The van der Waals surface area contributed by atoms with Crippen LogP contribution in [0.4, 0.5) is 4.39 Å². The van der Waals surface area contributed by atoms with Crippen LogP contribution in [0.1, 0.15) is 29.6 Å². The topological polar surface area (TPSA) is 65.8 Å². The summed E-state index contributed by atoms with van der Waals surface area (Å²) in [7, 11) is 0. The van der Waals surface area contributed by atoms with E-state index in [1.807, 2.05) is 0 Å². The first-order chi connectivity index (χ1) is 7.67. The summed E-state index contributed by atoms with van der Waals surface area (Å²) in [5, 5.41) is 11.5. The molecule has 1 fully saturated rings. The molecule has 1 saturated carbocycles. The molecule has 0 atom stereocenters. The van der Waals surface area contributed by atoms with Gasteiger partial charge in [-0.2, -0.15) is 5.26 Å². The average molecular weight is 219 g/mol. The van der Waals surface area contributed by atoms with Gasteiger partial charge in [-0.1, -0.05) is 0 Å². The van der Waals surface area contributed by atoms with Crippen LogP contribution in [0, 0.1) is 17.1 Å². The zero-order valence-electron chi connectivity index (χ0n) is 8.53. The number of hydrogen-bond acceptors (Lipinski definition) is 3. The summed E-state index contributed by atoms with van der Waals surface area (Å²) < 4.78 is 13.2. The number of carbonyl (C=O) groups excluding carboxylic acids is 1. The van der Waals surface area contributed by atoms with E-state index in [1.54, 1.807) is 0 Å². The Morgan fingerprint density at radius 3 is 2.88 bits per heavy atom. The van der Waals surface area contributed by atoms with Crippen molar-refractivity contribution in [2.24, 2.45) is 0 Å². The van der Waals surface area contributed by atoms with Crippen LogP contribution in [0.5, 0.6) is 0 Å². The van der Waals surface area contributed by atoms with Gasteiger partial charge in [-0.15, -0.1) is 0 Å². The summed E-state index contributed by atoms with van der Waals surface area (Å²) in [5.41, 5.74) is -0.871. The van der Waals surface area contributed by atoms with Crippen molar-refractivity contribution in [1.82, 2.24) is 10.3 Å². The predicted octanol–water partition coefficient (Wildman–Crippen LogP) is 1.40. The van der Waals surface area contributed by atoms with Crippen LogP contribution in [-0.4, -0.2) is 16.4 Å². The van der Waals surface area contributed by atoms with Gasteiger partial charge in [0.05, 0.1) is 17.8 Å². The lowest BCUT2D eigenvalue weighted by atomic mass is 9.78. The summed E-state index contributed by atoms with van der Waals surface area (Å²) in [5.74, 6) is -1.23. The maximum Gasteiger partial charge on any atom is 0.255 e. The lowest BCUT2D eigenvalue weighted by molar-refractivity contribution is 0.0877. The summed E-state index contributed by atoms with van der Waals surface area (Å²) in [4.78, 5) is 15.3. The summed E-state index contributed by atoms with van der Waals surface area (Å²) in [6.07, 6.45) is 4.49. The van der Waals surface area contributed by atoms with Crippen LogP contribution in [0.3, 0.4) is 0 Å². The normalized spacial score (nSPS) is 17.0. The number of carbonyl (C=O) groups is 1. The van der Waals surface area contributed by atoms with Gasteiger partial charge in [0.15, 0.2) is 5.82 Å². The van der Waals surface area contributed by atoms with Crippen LogP contribution in [0.25, 0.3) is 0 Å². The molecule has 1 amide bonds. The molecule has 1 aromatic rings. The molecule has 82 valence electrons. The first-order valence-corrected chi connectivity index (χ1v) is 5.00. The predicted molar refractivity (Wildman–Crippen MR) is 53.9 cm³/mol. The largest absolute Gasteiger partial charge is 0.334 e. The number of halogens is 1. The highest BCUT2D eigenvalue weighted by molar-refractivity contribution is 5.95. The quantitative estimate of drug-likeness (QED) is 0.817. The second kappa shape index (κ2) is 3.89. The third kappa shape index (κ3) is 1.74. The van der Waals surface area contributed by atoms with E-state index in [9.17, 15) is 9.18 Å². The fourth-order valence-electron chi connectivity index (χ4n) is 1.64. The van der Waals surface area contributed by atoms with Crippen LogP contribution in [0.15, 0.2) is 18.5 Å². The SMILES string of the molecule is N#CC1(NC(=O)c2ccncc2F)CCC1. The highest BCUT2D eigenvalue weighted by atomic mass is 19.1. The molecular formula is C11H10FN3O.